The monoisotopic (exact) mass is 293 g/mol. The molecule has 0 aliphatic carbocycles. The van der Waals surface area contributed by atoms with Crippen molar-refractivity contribution in [3.05, 3.63) is 29.8 Å². The van der Waals surface area contributed by atoms with Crippen molar-refractivity contribution in [3.63, 3.8) is 0 Å². The molecule has 1 aliphatic rings. The molecule has 21 heavy (non-hydrogen) atoms. The Labute approximate surface area is 125 Å². The number of benzene rings is 1. The lowest BCUT2D eigenvalue weighted by atomic mass is 10.0. The molecule has 0 unspecified atom stereocenters. The van der Waals surface area contributed by atoms with Gasteiger partial charge < -0.3 is 19.5 Å². The SMILES string of the molecule is CCOc1ccc([C@@H](COC)NC(=O)[C@@H]2CCOC2)cc1. The van der Waals surface area contributed by atoms with E-state index in [9.17, 15) is 4.79 Å². The molecule has 0 aromatic heterocycles. The van der Waals surface area contributed by atoms with Crippen LogP contribution in [0.25, 0.3) is 0 Å². The molecule has 1 N–H and O–H groups in total. The third kappa shape index (κ3) is 4.44. The van der Waals surface area contributed by atoms with Gasteiger partial charge in [-0.1, -0.05) is 12.1 Å². The third-order valence-corrected chi connectivity index (χ3v) is 3.54. The lowest BCUT2D eigenvalue weighted by Crippen LogP contribution is -2.36. The summed E-state index contributed by atoms with van der Waals surface area (Å²) >= 11 is 0. The number of nitrogens with one attached hydrogen (secondary N) is 1. The largest absolute Gasteiger partial charge is 0.494 e. The lowest BCUT2D eigenvalue weighted by molar-refractivity contribution is -0.126. The molecule has 0 spiro atoms. The molecule has 116 valence electrons. The van der Waals surface area contributed by atoms with E-state index in [0.717, 1.165) is 17.7 Å². The summed E-state index contributed by atoms with van der Waals surface area (Å²) in [6, 6.07) is 7.58. The van der Waals surface area contributed by atoms with Crippen molar-refractivity contribution < 1.29 is 19.0 Å². The van der Waals surface area contributed by atoms with Crippen LogP contribution in [0.2, 0.25) is 0 Å². The normalized spacial score (nSPS) is 19.2. The molecule has 1 amide bonds. The van der Waals surface area contributed by atoms with Crippen LogP contribution < -0.4 is 10.1 Å². The number of hydrogen-bond acceptors (Lipinski definition) is 4. The summed E-state index contributed by atoms with van der Waals surface area (Å²) in [4.78, 5) is 12.2. The van der Waals surface area contributed by atoms with Gasteiger partial charge in [-0.3, -0.25) is 4.79 Å². The topological polar surface area (TPSA) is 56.8 Å². The average molecular weight is 293 g/mol. The molecular weight excluding hydrogens is 270 g/mol. The van der Waals surface area contributed by atoms with E-state index in [-0.39, 0.29) is 17.9 Å². The maximum Gasteiger partial charge on any atom is 0.226 e. The van der Waals surface area contributed by atoms with Gasteiger partial charge in [0, 0.05) is 13.7 Å². The van der Waals surface area contributed by atoms with E-state index in [0.29, 0.717) is 26.4 Å². The Morgan fingerprint density at radius 2 is 2.19 bits per heavy atom. The van der Waals surface area contributed by atoms with Crippen molar-refractivity contribution in [1.29, 1.82) is 0 Å². The van der Waals surface area contributed by atoms with Crippen LogP contribution in [0.4, 0.5) is 0 Å². The van der Waals surface area contributed by atoms with Crippen LogP contribution in [-0.2, 0) is 14.3 Å². The van der Waals surface area contributed by atoms with Crippen LogP contribution in [0.3, 0.4) is 0 Å². The summed E-state index contributed by atoms with van der Waals surface area (Å²) in [7, 11) is 1.63. The molecular formula is C16H23NO4. The number of carbonyl (C=O) groups excluding carboxylic acids is 1. The van der Waals surface area contributed by atoms with Crippen molar-refractivity contribution in [1.82, 2.24) is 5.32 Å². The molecule has 0 saturated carbocycles. The summed E-state index contributed by atoms with van der Waals surface area (Å²) in [6.45, 7) is 4.20. The Bertz CT molecular complexity index is 440. The number of rotatable bonds is 7. The number of hydrogen-bond donors (Lipinski definition) is 1. The van der Waals surface area contributed by atoms with Crippen LogP contribution in [0.15, 0.2) is 24.3 Å². The Morgan fingerprint density at radius 3 is 2.76 bits per heavy atom. The van der Waals surface area contributed by atoms with E-state index in [4.69, 9.17) is 14.2 Å². The quantitative estimate of drug-likeness (QED) is 0.834. The van der Waals surface area contributed by atoms with Crippen molar-refractivity contribution in [2.24, 2.45) is 5.92 Å². The zero-order valence-corrected chi connectivity index (χ0v) is 12.6. The fourth-order valence-electron chi connectivity index (χ4n) is 2.38. The predicted octanol–water partition coefficient (Wildman–Crippen LogP) is 1.93. The zero-order valence-electron chi connectivity index (χ0n) is 12.6. The van der Waals surface area contributed by atoms with Crippen LogP contribution in [-0.4, -0.2) is 39.4 Å². The van der Waals surface area contributed by atoms with E-state index < -0.39 is 0 Å². The highest BCUT2D eigenvalue weighted by atomic mass is 16.5. The smallest absolute Gasteiger partial charge is 0.226 e. The maximum absolute atomic E-state index is 12.2. The molecule has 1 aliphatic heterocycles. The first-order valence-electron chi connectivity index (χ1n) is 7.34. The number of methoxy groups -OCH3 is 1. The summed E-state index contributed by atoms with van der Waals surface area (Å²) in [5.41, 5.74) is 1.01. The predicted molar refractivity (Wildman–Crippen MR) is 79.3 cm³/mol. The highest BCUT2D eigenvalue weighted by Gasteiger charge is 2.26. The second-order valence-electron chi connectivity index (χ2n) is 5.08. The first-order chi connectivity index (χ1) is 10.2. The third-order valence-electron chi connectivity index (χ3n) is 3.54. The Balaban J connectivity index is 2.01. The van der Waals surface area contributed by atoms with Gasteiger partial charge in [-0.2, -0.15) is 0 Å². The number of amides is 1. The van der Waals surface area contributed by atoms with Crippen LogP contribution in [0, 0.1) is 5.92 Å². The van der Waals surface area contributed by atoms with Crippen molar-refractivity contribution >= 4 is 5.91 Å². The van der Waals surface area contributed by atoms with Gasteiger partial charge in [0.2, 0.25) is 5.91 Å². The fraction of sp³-hybridized carbons (Fsp3) is 0.562. The number of ether oxygens (including phenoxy) is 3. The minimum Gasteiger partial charge on any atom is -0.494 e. The van der Waals surface area contributed by atoms with Gasteiger partial charge in [0.1, 0.15) is 5.75 Å². The molecule has 2 atom stereocenters. The highest BCUT2D eigenvalue weighted by molar-refractivity contribution is 5.79. The average Bonchev–Trinajstić information content (AvgIpc) is 3.02. The van der Waals surface area contributed by atoms with Gasteiger partial charge in [-0.05, 0) is 31.0 Å². The van der Waals surface area contributed by atoms with Crippen molar-refractivity contribution in [3.8, 4) is 5.75 Å². The van der Waals surface area contributed by atoms with Crippen molar-refractivity contribution in [2.45, 2.75) is 19.4 Å². The fourth-order valence-corrected chi connectivity index (χ4v) is 2.38. The standard InChI is InChI=1S/C16H23NO4/c1-3-21-14-6-4-12(5-7-14)15(11-19-2)17-16(18)13-8-9-20-10-13/h4-7,13,15H,3,8-11H2,1-2H3,(H,17,18)/t13-,15-/m1/s1. The minimum atomic E-state index is -0.154. The van der Waals surface area contributed by atoms with E-state index in [1.165, 1.54) is 0 Å². The first kappa shape index (κ1) is 15.8. The molecule has 0 bridgehead atoms. The van der Waals surface area contributed by atoms with E-state index in [1.807, 2.05) is 31.2 Å². The molecule has 1 aromatic rings. The molecule has 1 aromatic carbocycles. The second kappa shape index (κ2) is 8.00. The number of carbonyl (C=O) groups is 1. The van der Waals surface area contributed by atoms with E-state index >= 15 is 0 Å². The van der Waals surface area contributed by atoms with Crippen LogP contribution >= 0.6 is 0 Å². The van der Waals surface area contributed by atoms with Gasteiger partial charge in [0.05, 0.1) is 31.8 Å². The summed E-state index contributed by atoms with van der Waals surface area (Å²) < 4.78 is 15.9. The molecule has 1 saturated heterocycles. The molecule has 1 heterocycles. The molecule has 5 heteroatoms. The minimum absolute atomic E-state index is 0.0310. The van der Waals surface area contributed by atoms with Gasteiger partial charge in [0.15, 0.2) is 0 Å². The maximum atomic E-state index is 12.2. The molecule has 5 nitrogen and oxygen atoms in total. The van der Waals surface area contributed by atoms with Crippen molar-refractivity contribution in [2.75, 3.05) is 33.5 Å². The van der Waals surface area contributed by atoms with Crippen LogP contribution in [0.1, 0.15) is 24.9 Å². The van der Waals surface area contributed by atoms with E-state index in [2.05, 4.69) is 5.32 Å². The summed E-state index contributed by atoms with van der Waals surface area (Å²) in [5.74, 6) is 0.809. The lowest BCUT2D eigenvalue weighted by Gasteiger charge is -2.20. The Hall–Kier alpha value is -1.59. The van der Waals surface area contributed by atoms with Gasteiger partial charge in [-0.25, -0.2) is 0 Å². The highest BCUT2D eigenvalue weighted by Crippen LogP contribution is 2.20. The zero-order chi connectivity index (χ0) is 15.1. The van der Waals surface area contributed by atoms with Gasteiger partial charge in [0.25, 0.3) is 0 Å². The first-order valence-corrected chi connectivity index (χ1v) is 7.34. The van der Waals surface area contributed by atoms with E-state index in [1.54, 1.807) is 7.11 Å². The summed E-state index contributed by atoms with van der Waals surface area (Å²) in [5, 5.41) is 3.04. The molecule has 0 radical (unpaired) electrons. The molecule has 2 rings (SSSR count). The van der Waals surface area contributed by atoms with Crippen LogP contribution in [0.5, 0.6) is 5.75 Å². The summed E-state index contributed by atoms with van der Waals surface area (Å²) in [6.07, 6.45) is 0.787. The Morgan fingerprint density at radius 1 is 1.43 bits per heavy atom. The Kier molecular flexibility index (Phi) is 6.02. The van der Waals surface area contributed by atoms with Gasteiger partial charge >= 0.3 is 0 Å². The van der Waals surface area contributed by atoms with Gasteiger partial charge in [-0.15, -0.1) is 0 Å². The molecule has 1 fully saturated rings. The second-order valence-corrected chi connectivity index (χ2v) is 5.08.